The Morgan fingerprint density at radius 1 is 1.21 bits per heavy atom. The highest BCUT2D eigenvalue weighted by Crippen LogP contribution is 2.41. The van der Waals surface area contributed by atoms with E-state index in [0.29, 0.717) is 24.3 Å². The number of unbranched alkanes of at least 4 members (excludes halogenated alkanes) is 1. The number of aromatic hydroxyl groups is 1. The van der Waals surface area contributed by atoms with Gasteiger partial charge in [-0.25, -0.2) is 0 Å². The lowest BCUT2D eigenvalue weighted by molar-refractivity contribution is -0.139. The van der Waals surface area contributed by atoms with Crippen LogP contribution in [0.2, 0.25) is 5.02 Å². The summed E-state index contributed by atoms with van der Waals surface area (Å²) in [6.07, 6.45) is 1.53. The number of ketones is 1. The van der Waals surface area contributed by atoms with Gasteiger partial charge < -0.3 is 19.8 Å². The van der Waals surface area contributed by atoms with Crippen molar-refractivity contribution in [1.82, 2.24) is 4.90 Å². The number of hydrogen-bond acceptors (Lipinski definition) is 5. The lowest BCUT2D eigenvalue weighted by Crippen LogP contribution is -2.30. The molecule has 2 aromatic rings. The Balaban J connectivity index is 2.22. The van der Waals surface area contributed by atoms with Crippen LogP contribution in [0, 0.1) is 0 Å². The molecular formula is C22H22ClNO5. The van der Waals surface area contributed by atoms with E-state index in [1.54, 1.807) is 24.3 Å². The highest BCUT2D eigenvalue weighted by atomic mass is 35.5. The molecule has 2 N–H and O–H groups in total. The molecule has 1 unspecified atom stereocenters. The summed E-state index contributed by atoms with van der Waals surface area (Å²) in [5.74, 6) is -1.40. The molecule has 6 nitrogen and oxygen atoms in total. The number of carbonyl (C=O) groups excluding carboxylic acids is 2. The largest absolute Gasteiger partial charge is 0.508 e. The Kier molecular flexibility index (Phi) is 6.13. The number of amides is 1. The minimum Gasteiger partial charge on any atom is -0.508 e. The quantitative estimate of drug-likeness (QED) is 0.418. The van der Waals surface area contributed by atoms with Crippen molar-refractivity contribution >= 4 is 29.1 Å². The normalized spacial score (nSPS) is 18.3. The van der Waals surface area contributed by atoms with Crippen molar-refractivity contribution in [3.63, 3.8) is 0 Å². The zero-order valence-electron chi connectivity index (χ0n) is 16.2. The van der Waals surface area contributed by atoms with E-state index in [9.17, 15) is 19.8 Å². The highest BCUT2D eigenvalue weighted by Gasteiger charge is 2.46. The molecule has 0 bridgehead atoms. The molecule has 1 heterocycles. The van der Waals surface area contributed by atoms with Gasteiger partial charge in [0.25, 0.3) is 11.7 Å². The lowest BCUT2D eigenvalue weighted by atomic mass is 9.95. The fraction of sp³-hybridized carbons (Fsp3) is 0.273. The number of ether oxygens (including phenoxy) is 1. The number of rotatable bonds is 6. The van der Waals surface area contributed by atoms with E-state index in [1.165, 1.54) is 30.2 Å². The van der Waals surface area contributed by atoms with E-state index >= 15 is 0 Å². The first-order valence-corrected chi connectivity index (χ1v) is 9.68. The number of nitrogens with zero attached hydrogens (tertiary/aromatic N) is 1. The van der Waals surface area contributed by atoms with Gasteiger partial charge in [0.15, 0.2) is 0 Å². The molecule has 1 fully saturated rings. The van der Waals surface area contributed by atoms with Crippen molar-refractivity contribution in [3.05, 3.63) is 64.2 Å². The summed E-state index contributed by atoms with van der Waals surface area (Å²) in [5, 5.41) is 21.2. The number of hydrogen-bond donors (Lipinski definition) is 2. The summed E-state index contributed by atoms with van der Waals surface area (Å²) >= 11 is 6.25. The van der Waals surface area contributed by atoms with Gasteiger partial charge in [0.1, 0.15) is 17.3 Å². The molecule has 1 saturated heterocycles. The monoisotopic (exact) mass is 415 g/mol. The first-order chi connectivity index (χ1) is 13.9. The number of carbonyl (C=O) groups is 2. The van der Waals surface area contributed by atoms with Gasteiger partial charge in [-0.1, -0.05) is 37.1 Å². The second-order valence-corrected chi connectivity index (χ2v) is 7.19. The van der Waals surface area contributed by atoms with Crippen molar-refractivity contribution in [2.75, 3.05) is 13.7 Å². The Labute approximate surface area is 174 Å². The fourth-order valence-corrected chi connectivity index (χ4v) is 3.65. The molecule has 152 valence electrons. The summed E-state index contributed by atoms with van der Waals surface area (Å²) < 4.78 is 5.18. The van der Waals surface area contributed by atoms with Crippen LogP contribution in [0.4, 0.5) is 0 Å². The number of halogens is 1. The van der Waals surface area contributed by atoms with Gasteiger partial charge in [0, 0.05) is 12.1 Å². The molecule has 1 atom stereocenters. The maximum Gasteiger partial charge on any atom is 0.295 e. The van der Waals surface area contributed by atoms with Crippen LogP contribution in [0.3, 0.4) is 0 Å². The molecule has 1 amide bonds. The average molecular weight is 416 g/mol. The number of methoxy groups -OCH3 is 1. The molecular weight excluding hydrogens is 394 g/mol. The van der Waals surface area contributed by atoms with Crippen LogP contribution in [-0.2, 0) is 9.59 Å². The third kappa shape index (κ3) is 3.93. The predicted molar refractivity (Wildman–Crippen MR) is 110 cm³/mol. The Bertz CT molecular complexity index is 985. The van der Waals surface area contributed by atoms with Crippen LogP contribution in [0.25, 0.3) is 5.76 Å². The summed E-state index contributed by atoms with van der Waals surface area (Å²) in [7, 11) is 1.48. The van der Waals surface area contributed by atoms with Crippen LogP contribution in [0.5, 0.6) is 11.5 Å². The SMILES string of the molecule is CCCCN1C(=O)C(=O)/C(=C(/O)c2cc(OC)ccc2Cl)C1c1cccc(O)c1. The van der Waals surface area contributed by atoms with E-state index in [-0.39, 0.29) is 27.7 Å². The number of likely N-dealkylation sites (tertiary alicyclic amines) is 1. The van der Waals surface area contributed by atoms with Crippen molar-refractivity contribution in [1.29, 1.82) is 0 Å². The van der Waals surface area contributed by atoms with Crippen LogP contribution in [0.15, 0.2) is 48.0 Å². The Hall–Kier alpha value is -2.99. The van der Waals surface area contributed by atoms with Crippen LogP contribution < -0.4 is 4.74 Å². The van der Waals surface area contributed by atoms with Gasteiger partial charge in [-0.15, -0.1) is 0 Å². The maximum absolute atomic E-state index is 12.9. The van der Waals surface area contributed by atoms with Gasteiger partial charge in [0.05, 0.1) is 23.7 Å². The molecule has 2 aromatic carbocycles. The minimum atomic E-state index is -0.823. The smallest absolute Gasteiger partial charge is 0.295 e. The van der Waals surface area contributed by atoms with Gasteiger partial charge >= 0.3 is 0 Å². The number of phenolic OH excluding ortho intramolecular Hbond substituents is 1. The number of benzene rings is 2. The van der Waals surface area contributed by atoms with Gasteiger partial charge in [0.2, 0.25) is 0 Å². The summed E-state index contributed by atoms with van der Waals surface area (Å²) in [6.45, 7) is 2.33. The zero-order valence-corrected chi connectivity index (χ0v) is 16.9. The molecule has 3 rings (SSSR count). The van der Waals surface area contributed by atoms with Gasteiger partial charge in [-0.2, -0.15) is 0 Å². The topological polar surface area (TPSA) is 87.1 Å². The van der Waals surface area contributed by atoms with Gasteiger partial charge in [-0.3, -0.25) is 9.59 Å². The molecule has 0 aromatic heterocycles. The van der Waals surface area contributed by atoms with E-state index in [0.717, 1.165) is 6.42 Å². The molecule has 0 aliphatic carbocycles. The fourth-order valence-electron chi connectivity index (χ4n) is 3.44. The zero-order chi connectivity index (χ0) is 21.1. The van der Waals surface area contributed by atoms with Crippen LogP contribution in [-0.4, -0.2) is 40.5 Å². The van der Waals surface area contributed by atoms with E-state index in [4.69, 9.17) is 16.3 Å². The molecule has 0 saturated carbocycles. The lowest BCUT2D eigenvalue weighted by Gasteiger charge is -2.25. The van der Waals surface area contributed by atoms with Crippen molar-refractivity contribution in [2.24, 2.45) is 0 Å². The molecule has 0 radical (unpaired) electrons. The first kappa shape index (κ1) is 20.7. The van der Waals surface area contributed by atoms with Crippen molar-refractivity contribution in [2.45, 2.75) is 25.8 Å². The standard InChI is InChI=1S/C22H22ClNO5/c1-3-4-10-24-19(13-6-5-7-14(25)11-13)18(21(27)22(24)28)20(26)16-12-15(29-2)8-9-17(16)23/h5-9,11-12,19,25-26H,3-4,10H2,1-2H3/b20-18+. The number of aliphatic hydroxyl groups is 1. The van der Waals surface area contributed by atoms with Gasteiger partial charge in [-0.05, 0) is 42.3 Å². The van der Waals surface area contributed by atoms with E-state index in [2.05, 4.69) is 0 Å². The van der Waals surface area contributed by atoms with Crippen LogP contribution in [0.1, 0.15) is 36.9 Å². The summed E-state index contributed by atoms with van der Waals surface area (Å²) in [5.41, 5.74) is 0.664. The summed E-state index contributed by atoms with van der Waals surface area (Å²) in [6, 6.07) is 10.2. The molecule has 1 aliphatic rings. The molecule has 29 heavy (non-hydrogen) atoms. The van der Waals surface area contributed by atoms with Crippen molar-refractivity contribution < 1.29 is 24.5 Å². The Morgan fingerprint density at radius 3 is 2.62 bits per heavy atom. The second-order valence-electron chi connectivity index (χ2n) is 6.79. The molecule has 0 spiro atoms. The average Bonchev–Trinajstić information content (AvgIpc) is 2.96. The maximum atomic E-state index is 12.9. The van der Waals surface area contributed by atoms with E-state index < -0.39 is 17.7 Å². The number of phenols is 1. The van der Waals surface area contributed by atoms with Crippen molar-refractivity contribution in [3.8, 4) is 11.5 Å². The van der Waals surface area contributed by atoms with Crippen LogP contribution >= 0.6 is 11.6 Å². The second kappa shape index (κ2) is 8.57. The third-order valence-electron chi connectivity index (χ3n) is 4.91. The third-order valence-corrected chi connectivity index (χ3v) is 5.24. The Morgan fingerprint density at radius 2 is 1.97 bits per heavy atom. The number of aliphatic hydroxyl groups excluding tert-OH is 1. The number of Topliss-reactive ketones (excluding diaryl/α,β-unsaturated/α-hetero) is 1. The van der Waals surface area contributed by atoms with E-state index in [1.807, 2.05) is 6.92 Å². The predicted octanol–water partition coefficient (Wildman–Crippen LogP) is 4.28. The highest BCUT2D eigenvalue weighted by molar-refractivity contribution is 6.47. The molecule has 1 aliphatic heterocycles. The summed E-state index contributed by atoms with van der Waals surface area (Å²) in [4.78, 5) is 27.1. The molecule has 7 heteroatoms. The minimum absolute atomic E-state index is 0.00277. The first-order valence-electron chi connectivity index (χ1n) is 9.30.